The fourth-order valence-corrected chi connectivity index (χ4v) is 3.15. The summed E-state index contributed by atoms with van der Waals surface area (Å²) in [5.41, 5.74) is -0.554. The van der Waals surface area contributed by atoms with Gasteiger partial charge < -0.3 is 9.84 Å². The van der Waals surface area contributed by atoms with E-state index >= 15 is 0 Å². The highest BCUT2D eigenvalue weighted by Crippen LogP contribution is 2.46. The molecule has 1 saturated carbocycles. The molecule has 1 unspecified atom stereocenters. The van der Waals surface area contributed by atoms with Gasteiger partial charge in [-0.1, -0.05) is 20.8 Å². The number of ether oxygens (including phenoxy) is 1. The van der Waals surface area contributed by atoms with E-state index in [1.807, 2.05) is 6.92 Å². The normalized spacial score (nSPS) is 31.5. The first-order chi connectivity index (χ1) is 7.94. The van der Waals surface area contributed by atoms with Crippen LogP contribution in [0, 0.1) is 23.2 Å². The highest BCUT2D eigenvalue weighted by atomic mass is 16.5. The monoisotopic (exact) mass is 242 g/mol. The van der Waals surface area contributed by atoms with Crippen LogP contribution in [-0.2, 0) is 9.53 Å². The number of aliphatic carboxylic acids is 1. The average Bonchev–Trinajstić information content (AvgIpc) is 2.29. The molecule has 3 nitrogen and oxygen atoms in total. The number of rotatable bonds is 5. The van der Waals surface area contributed by atoms with E-state index in [0.717, 1.165) is 25.7 Å². The second-order valence-electron chi connectivity index (χ2n) is 5.90. The summed E-state index contributed by atoms with van der Waals surface area (Å²) in [6.07, 6.45) is 3.68. The number of methoxy groups -OCH3 is 1. The van der Waals surface area contributed by atoms with Gasteiger partial charge >= 0.3 is 5.97 Å². The summed E-state index contributed by atoms with van der Waals surface area (Å²) < 4.78 is 5.14. The Kier molecular flexibility index (Phi) is 4.99. The maximum absolute atomic E-state index is 11.6. The molecule has 0 aliphatic heterocycles. The van der Waals surface area contributed by atoms with Crippen LogP contribution in [0.4, 0.5) is 0 Å². The number of carboxylic acid groups (broad SMARTS) is 1. The predicted octanol–water partition coefficient (Wildman–Crippen LogP) is 3.19. The number of carboxylic acids is 1. The van der Waals surface area contributed by atoms with E-state index in [4.69, 9.17) is 4.74 Å². The van der Waals surface area contributed by atoms with Crippen LogP contribution in [0.3, 0.4) is 0 Å². The zero-order valence-electron chi connectivity index (χ0n) is 11.5. The topological polar surface area (TPSA) is 46.5 Å². The lowest BCUT2D eigenvalue weighted by molar-refractivity contribution is -0.157. The highest BCUT2D eigenvalue weighted by Gasteiger charge is 2.46. The molecule has 1 rings (SSSR count). The molecular weight excluding hydrogens is 216 g/mol. The summed E-state index contributed by atoms with van der Waals surface area (Å²) in [6, 6.07) is 0. The summed E-state index contributed by atoms with van der Waals surface area (Å²) in [6.45, 7) is 7.01. The molecule has 0 aromatic heterocycles. The standard InChI is InChI=1S/C14H26O3/c1-10(2)12-5-7-14(8-6-12,13(15)16)11(3)9-17-4/h10-12H,5-9H2,1-4H3,(H,15,16). The van der Waals surface area contributed by atoms with Gasteiger partial charge in [-0.15, -0.1) is 0 Å². The molecule has 0 heterocycles. The van der Waals surface area contributed by atoms with Crippen molar-refractivity contribution in [2.45, 2.75) is 46.5 Å². The lowest BCUT2D eigenvalue weighted by Gasteiger charge is -2.41. The van der Waals surface area contributed by atoms with Crippen molar-refractivity contribution in [1.82, 2.24) is 0 Å². The highest BCUT2D eigenvalue weighted by molar-refractivity contribution is 5.75. The number of hydrogen-bond donors (Lipinski definition) is 1. The summed E-state index contributed by atoms with van der Waals surface area (Å²) in [5.74, 6) is 0.819. The van der Waals surface area contributed by atoms with E-state index in [1.165, 1.54) is 0 Å². The Morgan fingerprint density at radius 1 is 1.35 bits per heavy atom. The molecule has 0 bridgehead atoms. The Hall–Kier alpha value is -0.570. The van der Waals surface area contributed by atoms with E-state index in [1.54, 1.807) is 7.11 Å². The van der Waals surface area contributed by atoms with Gasteiger partial charge in [0.25, 0.3) is 0 Å². The molecule has 1 aliphatic carbocycles. The van der Waals surface area contributed by atoms with Gasteiger partial charge in [0.2, 0.25) is 0 Å². The van der Waals surface area contributed by atoms with Crippen LogP contribution in [0.15, 0.2) is 0 Å². The predicted molar refractivity (Wildman–Crippen MR) is 67.9 cm³/mol. The molecule has 17 heavy (non-hydrogen) atoms. The first-order valence-corrected chi connectivity index (χ1v) is 6.66. The fraction of sp³-hybridized carbons (Fsp3) is 0.929. The molecule has 0 amide bonds. The lowest BCUT2D eigenvalue weighted by atomic mass is 9.62. The molecule has 100 valence electrons. The van der Waals surface area contributed by atoms with Crippen LogP contribution in [0.5, 0.6) is 0 Å². The van der Waals surface area contributed by atoms with Gasteiger partial charge in [-0.3, -0.25) is 4.79 Å². The van der Waals surface area contributed by atoms with Gasteiger partial charge in [-0.05, 0) is 43.4 Å². The quantitative estimate of drug-likeness (QED) is 0.805. The Labute approximate surface area is 105 Å². The second-order valence-corrected chi connectivity index (χ2v) is 5.90. The van der Waals surface area contributed by atoms with Gasteiger partial charge in [0, 0.05) is 13.7 Å². The smallest absolute Gasteiger partial charge is 0.309 e. The summed E-state index contributed by atoms with van der Waals surface area (Å²) in [5, 5.41) is 9.56. The molecule has 1 N–H and O–H groups in total. The maximum Gasteiger partial charge on any atom is 0.309 e. The molecule has 0 radical (unpaired) electrons. The largest absolute Gasteiger partial charge is 0.481 e. The zero-order chi connectivity index (χ0) is 13.1. The minimum absolute atomic E-state index is 0.0955. The third-order valence-corrected chi connectivity index (χ3v) is 4.65. The van der Waals surface area contributed by atoms with Crippen LogP contribution in [-0.4, -0.2) is 24.8 Å². The van der Waals surface area contributed by atoms with Crippen molar-refractivity contribution in [1.29, 1.82) is 0 Å². The van der Waals surface area contributed by atoms with Gasteiger partial charge in [0.15, 0.2) is 0 Å². The van der Waals surface area contributed by atoms with Crippen LogP contribution in [0.2, 0.25) is 0 Å². The van der Waals surface area contributed by atoms with Crippen molar-refractivity contribution >= 4 is 5.97 Å². The molecular formula is C14H26O3. The minimum Gasteiger partial charge on any atom is -0.481 e. The molecule has 0 spiro atoms. The van der Waals surface area contributed by atoms with Crippen molar-refractivity contribution in [2.75, 3.05) is 13.7 Å². The fourth-order valence-electron chi connectivity index (χ4n) is 3.15. The van der Waals surface area contributed by atoms with Crippen molar-refractivity contribution in [2.24, 2.45) is 23.2 Å². The third-order valence-electron chi connectivity index (χ3n) is 4.65. The van der Waals surface area contributed by atoms with Crippen LogP contribution in [0.1, 0.15) is 46.5 Å². The Morgan fingerprint density at radius 2 is 1.88 bits per heavy atom. The van der Waals surface area contributed by atoms with E-state index in [9.17, 15) is 9.90 Å². The third kappa shape index (κ3) is 3.01. The zero-order valence-corrected chi connectivity index (χ0v) is 11.5. The van der Waals surface area contributed by atoms with E-state index in [0.29, 0.717) is 18.4 Å². The maximum atomic E-state index is 11.6. The lowest BCUT2D eigenvalue weighted by Crippen LogP contribution is -2.43. The second kappa shape index (κ2) is 5.85. The van der Waals surface area contributed by atoms with Gasteiger partial charge in [0.1, 0.15) is 0 Å². The molecule has 0 saturated heterocycles. The van der Waals surface area contributed by atoms with Crippen LogP contribution >= 0.6 is 0 Å². The SMILES string of the molecule is COCC(C)C1(C(=O)O)CCC(C(C)C)CC1. The molecule has 3 heteroatoms. The Bertz CT molecular complexity index is 252. The first-order valence-electron chi connectivity index (χ1n) is 6.66. The van der Waals surface area contributed by atoms with Crippen molar-refractivity contribution in [3.63, 3.8) is 0 Å². The number of hydrogen-bond acceptors (Lipinski definition) is 2. The molecule has 0 aromatic rings. The Balaban J connectivity index is 2.73. The minimum atomic E-state index is -0.635. The molecule has 1 atom stereocenters. The van der Waals surface area contributed by atoms with Gasteiger partial charge in [-0.2, -0.15) is 0 Å². The summed E-state index contributed by atoms with van der Waals surface area (Å²) >= 11 is 0. The summed E-state index contributed by atoms with van der Waals surface area (Å²) in [7, 11) is 1.64. The number of carbonyl (C=O) groups is 1. The van der Waals surface area contributed by atoms with E-state index in [-0.39, 0.29) is 5.92 Å². The van der Waals surface area contributed by atoms with Crippen molar-refractivity contribution in [3.05, 3.63) is 0 Å². The van der Waals surface area contributed by atoms with E-state index in [2.05, 4.69) is 13.8 Å². The average molecular weight is 242 g/mol. The molecule has 1 fully saturated rings. The Morgan fingerprint density at radius 3 is 2.24 bits per heavy atom. The first kappa shape index (κ1) is 14.5. The molecule has 0 aromatic carbocycles. The van der Waals surface area contributed by atoms with Crippen LogP contribution < -0.4 is 0 Å². The van der Waals surface area contributed by atoms with E-state index < -0.39 is 11.4 Å². The molecule has 1 aliphatic rings. The van der Waals surface area contributed by atoms with Crippen molar-refractivity contribution in [3.8, 4) is 0 Å². The van der Waals surface area contributed by atoms with Gasteiger partial charge in [0.05, 0.1) is 5.41 Å². The van der Waals surface area contributed by atoms with Crippen molar-refractivity contribution < 1.29 is 14.6 Å². The van der Waals surface area contributed by atoms with Crippen LogP contribution in [0.25, 0.3) is 0 Å². The van der Waals surface area contributed by atoms with Gasteiger partial charge in [-0.25, -0.2) is 0 Å². The summed E-state index contributed by atoms with van der Waals surface area (Å²) in [4.78, 5) is 11.6.